The minimum absolute atomic E-state index is 0.0929. The monoisotopic (exact) mass is 263 g/mol. The Hall–Kier alpha value is -2.10. The van der Waals surface area contributed by atoms with Crippen molar-refractivity contribution in [2.24, 2.45) is 0 Å². The molecule has 0 spiro atoms. The molecule has 1 aromatic carbocycles. The van der Waals surface area contributed by atoms with Crippen LogP contribution in [0.3, 0.4) is 0 Å². The predicted molar refractivity (Wildman–Crippen MR) is 69.6 cm³/mol. The van der Waals surface area contributed by atoms with Crippen LogP contribution in [0, 0.1) is 11.3 Å². The van der Waals surface area contributed by atoms with E-state index in [0.717, 1.165) is 0 Å². The number of hydrogen-bond donors (Lipinski definition) is 3. The zero-order valence-corrected chi connectivity index (χ0v) is 10.7. The van der Waals surface area contributed by atoms with Crippen molar-refractivity contribution in [1.29, 1.82) is 5.26 Å². The predicted octanol–water partition coefficient (Wildman–Crippen LogP) is -0.366. The first-order valence-electron chi connectivity index (χ1n) is 5.88. The van der Waals surface area contributed by atoms with E-state index >= 15 is 0 Å². The molecule has 0 saturated heterocycles. The maximum atomic E-state index is 10.9. The first kappa shape index (κ1) is 15.0. The largest absolute Gasteiger partial charge is 0.491 e. The van der Waals surface area contributed by atoms with Crippen LogP contribution in [0.15, 0.2) is 24.3 Å². The van der Waals surface area contributed by atoms with Crippen molar-refractivity contribution in [3.8, 4) is 11.8 Å². The van der Waals surface area contributed by atoms with Crippen molar-refractivity contribution in [1.82, 2.24) is 10.6 Å². The van der Waals surface area contributed by atoms with Gasteiger partial charge in [-0.15, -0.1) is 0 Å². The smallest absolute Gasteiger partial charge is 0.233 e. The van der Waals surface area contributed by atoms with E-state index in [1.807, 2.05) is 6.07 Å². The fourth-order valence-electron chi connectivity index (χ4n) is 1.35. The van der Waals surface area contributed by atoms with Crippen molar-refractivity contribution >= 4 is 5.91 Å². The number of nitriles is 1. The number of hydrogen-bond acceptors (Lipinski definition) is 5. The van der Waals surface area contributed by atoms with E-state index in [0.29, 0.717) is 11.3 Å². The van der Waals surface area contributed by atoms with Crippen molar-refractivity contribution in [2.45, 2.75) is 6.10 Å². The number of aliphatic hydroxyl groups is 1. The molecule has 19 heavy (non-hydrogen) atoms. The number of ether oxygens (including phenoxy) is 1. The second-order valence-electron chi connectivity index (χ2n) is 3.91. The van der Waals surface area contributed by atoms with Crippen LogP contribution in [0.25, 0.3) is 0 Å². The topological polar surface area (TPSA) is 94.4 Å². The molecule has 1 aromatic rings. The number of benzene rings is 1. The molecule has 0 bridgehead atoms. The van der Waals surface area contributed by atoms with Crippen molar-refractivity contribution < 1.29 is 14.6 Å². The summed E-state index contributed by atoms with van der Waals surface area (Å²) in [6, 6.07) is 8.71. The van der Waals surface area contributed by atoms with Crippen LogP contribution in [0.5, 0.6) is 5.75 Å². The van der Waals surface area contributed by atoms with Crippen molar-refractivity contribution in [2.75, 3.05) is 26.7 Å². The fraction of sp³-hybridized carbons (Fsp3) is 0.385. The third kappa shape index (κ3) is 5.86. The third-order valence-electron chi connectivity index (χ3n) is 2.35. The first-order chi connectivity index (χ1) is 9.15. The lowest BCUT2D eigenvalue weighted by atomic mass is 10.2. The molecule has 0 aliphatic heterocycles. The summed E-state index contributed by atoms with van der Waals surface area (Å²) >= 11 is 0. The van der Waals surface area contributed by atoms with E-state index in [1.54, 1.807) is 31.3 Å². The lowest BCUT2D eigenvalue weighted by molar-refractivity contribution is -0.119. The number of rotatable bonds is 7. The van der Waals surface area contributed by atoms with E-state index in [-0.39, 0.29) is 25.6 Å². The molecule has 6 heteroatoms. The molecule has 0 aromatic heterocycles. The number of amides is 1. The minimum Gasteiger partial charge on any atom is -0.491 e. The first-order valence-corrected chi connectivity index (χ1v) is 5.88. The normalized spacial score (nSPS) is 11.4. The number of nitrogens with one attached hydrogen (secondary N) is 2. The van der Waals surface area contributed by atoms with Crippen LogP contribution >= 0.6 is 0 Å². The fourth-order valence-corrected chi connectivity index (χ4v) is 1.35. The Balaban J connectivity index is 2.28. The molecular weight excluding hydrogens is 246 g/mol. The van der Waals surface area contributed by atoms with Gasteiger partial charge >= 0.3 is 0 Å². The molecule has 1 rings (SSSR count). The number of carbonyl (C=O) groups excluding carboxylic acids is 1. The maximum absolute atomic E-state index is 10.9. The van der Waals surface area contributed by atoms with Crippen LogP contribution in [-0.2, 0) is 4.79 Å². The molecule has 0 saturated carbocycles. The van der Waals surface area contributed by atoms with Gasteiger partial charge in [0.1, 0.15) is 18.5 Å². The Morgan fingerprint density at radius 2 is 2.37 bits per heavy atom. The molecule has 0 aliphatic carbocycles. The highest BCUT2D eigenvalue weighted by atomic mass is 16.5. The lowest BCUT2D eigenvalue weighted by Gasteiger charge is -2.13. The van der Waals surface area contributed by atoms with Gasteiger partial charge in [0.05, 0.1) is 18.2 Å². The Morgan fingerprint density at radius 3 is 3.05 bits per heavy atom. The van der Waals surface area contributed by atoms with Gasteiger partial charge in [0.2, 0.25) is 5.91 Å². The maximum Gasteiger partial charge on any atom is 0.233 e. The number of aliphatic hydroxyl groups excluding tert-OH is 1. The summed E-state index contributed by atoms with van der Waals surface area (Å²) in [6.45, 7) is 0.498. The molecule has 1 amide bonds. The average molecular weight is 263 g/mol. The van der Waals surface area contributed by atoms with Crippen LogP contribution in [0.1, 0.15) is 5.56 Å². The zero-order valence-electron chi connectivity index (χ0n) is 10.7. The molecule has 0 radical (unpaired) electrons. The highest BCUT2D eigenvalue weighted by molar-refractivity contribution is 5.77. The molecule has 1 atom stereocenters. The summed E-state index contributed by atoms with van der Waals surface area (Å²) in [5.41, 5.74) is 0.504. The highest BCUT2D eigenvalue weighted by Crippen LogP contribution is 2.12. The minimum atomic E-state index is -0.726. The summed E-state index contributed by atoms with van der Waals surface area (Å²) in [5.74, 6) is 0.388. The number of likely N-dealkylation sites (N-methyl/N-ethyl adjacent to an activating group) is 1. The van der Waals surface area contributed by atoms with E-state index in [4.69, 9.17) is 10.00 Å². The van der Waals surface area contributed by atoms with Gasteiger partial charge in [0.15, 0.2) is 0 Å². The van der Waals surface area contributed by atoms with E-state index in [1.165, 1.54) is 0 Å². The lowest BCUT2D eigenvalue weighted by Crippen LogP contribution is -2.37. The third-order valence-corrected chi connectivity index (χ3v) is 2.35. The van der Waals surface area contributed by atoms with Crippen molar-refractivity contribution in [3.63, 3.8) is 0 Å². The standard InChI is InChI=1S/C13H17N3O3/c1-15-13(18)8-16-7-11(17)9-19-12-4-2-3-10(5-12)6-14/h2-5,11,16-17H,7-9H2,1H3,(H,15,18). The Bertz CT molecular complexity index is 457. The van der Waals surface area contributed by atoms with Crippen LogP contribution in [0.4, 0.5) is 0 Å². The second kappa shape index (κ2) is 8.08. The highest BCUT2D eigenvalue weighted by Gasteiger charge is 2.06. The molecular formula is C13H17N3O3. The quantitative estimate of drug-likeness (QED) is 0.624. The average Bonchev–Trinajstić information content (AvgIpc) is 2.45. The second-order valence-corrected chi connectivity index (χ2v) is 3.91. The van der Waals surface area contributed by atoms with E-state index in [2.05, 4.69) is 10.6 Å². The summed E-state index contributed by atoms with van der Waals surface area (Å²) < 4.78 is 5.35. The zero-order chi connectivity index (χ0) is 14.1. The van der Waals surface area contributed by atoms with Gasteiger partial charge in [-0.05, 0) is 18.2 Å². The molecule has 0 aliphatic rings. The van der Waals surface area contributed by atoms with E-state index < -0.39 is 6.10 Å². The van der Waals surface area contributed by atoms with Gasteiger partial charge in [-0.3, -0.25) is 4.79 Å². The number of carbonyl (C=O) groups is 1. The van der Waals surface area contributed by atoms with Crippen molar-refractivity contribution in [3.05, 3.63) is 29.8 Å². The summed E-state index contributed by atoms with van der Waals surface area (Å²) in [7, 11) is 1.55. The van der Waals surface area contributed by atoms with Gasteiger partial charge in [0, 0.05) is 13.6 Å². The molecule has 6 nitrogen and oxygen atoms in total. The van der Waals surface area contributed by atoms with E-state index in [9.17, 15) is 9.90 Å². The summed E-state index contributed by atoms with van der Waals surface area (Å²) in [6.07, 6.45) is -0.726. The molecule has 0 fully saturated rings. The van der Waals surface area contributed by atoms with Crippen LogP contribution < -0.4 is 15.4 Å². The summed E-state index contributed by atoms with van der Waals surface area (Å²) in [4.78, 5) is 10.9. The van der Waals surface area contributed by atoms with Gasteiger partial charge < -0.3 is 20.5 Å². The molecule has 3 N–H and O–H groups in total. The Labute approximate surface area is 112 Å². The Kier molecular flexibility index (Phi) is 6.36. The van der Waals surface area contributed by atoms with Gasteiger partial charge in [-0.25, -0.2) is 0 Å². The van der Waals surface area contributed by atoms with Gasteiger partial charge in [0.25, 0.3) is 0 Å². The van der Waals surface area contributed by atoms with Gasteiger partial charge in [-0.2, -0.15) is 5.26 Å². The van der Waals surface area contributed by atoms with Crippen LogP contribution in [-0.4, -0.2) is 43.9 Å². The SMILES string of the molecule is CNC(=O)CNCC(O)COc1cccc(C#N)c1. The molecule has 102 valence electrons. The summed E-state index contributed by atoms with van der Waals surface area (Å²) in [5, 5.41) is 23.6. The van der Waals surface area contributed by atoms with Gasteiger partial charge in [-0.1, -0.05) is 6.07 Å². The molecule has 1 unspecified atom stereocenters. The molecule has 0 heterocycles. The Morgan fingerprint density at radius 1 is 1.58 bits per heavy atom. The van der Waals surface area contributed by atoms with Crippen LogP contribution in [0.2, 0.25) is 0 Å². The number of nitrogens with zero attached hydrogens (tertiary/aromatic N) is 1.